The number of amides is 2. The molecule has 0 spiro atoms. The van der Waals surface area contributed by atoms with E-state index >= 15 is 0 Å². The van der Waals surface area contributed by atoms with E-state index in [0.717, 1.165) is 5.56 Å². The summed E-state index contributed by atoms with van der Waals surface area (Å²) in [5, 5.41) is 3.32. The summed E-state index contributed by atoms with van der Waals surface area (Å²) >= 11 is 0. The van der Waals surface area contributed by atoms with Crippen LogP contribution >= 0.6 is 0 Å². The standard InChI is InChI=1S/C25H23N3O4S/c1-3-33(31,32)27-20-15-13-19(14-16-20)26-24(18-9-5-4-6-10-18)23-21-11-7-8-12-22(21)28(17(2)29)25(23)30/h4-16,26-27H,3H2,1-2H3/b24-23-. The highest BCUT2D eigenvalue weighted by atomic mass is 32.2. The van der Waals surface area contributed by atoms with Crippen molar-refractivity contribution < 1.29 is 18.0 Å². The molecule has 0 saturated heterocycles. The second-order valence-electron chi connectivity index (χ2n) is 7.50. The zero-order chi connectivity index (χ0) is 23.6. The van der Waals surface area contributed by atoms with Gasteiger partial charge in [0.05, 0.1) is 22.7 Å². The molecule has 4 rings (SSSR count). The molecule has 0 saturated carbocycles. The average molecular weight is 462 g/mol. The number of sulfonamides is 1. The summed E-state index contributed by atoms with van der Waals surface area (Å²) in [4.78, 5) is 26.8. The Morgan fingerprint density at radius 3 is 2.12 bits per heavy atom. The number of carbonyl (C=O) groups is 2. The molecule has 0 aromatic heterocycles. The van der Waals surface area contributed by atoms with Gasteiger partial charge < -0.3 is 5.32 Å². The Hall–Kier alpha value is -3.91. The van der Waals surface area contributed by atoms with Crippen LogP contribution in [0.5, 0.6) is 0 Å². The van der Waals surface area contributed by atoms with Gasteiger partial charge in [0.15, 0.2) is 0 Å². The van der Waals surface area contributed by atoms with E-state index in [4.69, 9.17) is 0 Å². The van der Waals surface area contributed by atoms with Gasteiger partial charge in [0.2, 0.25) is 15.9 Å². The van der Waals surface area contributed by atoms with Crippen LogP contribution in [0.2, 0.25) is 0 Å². The Morgan fingerprint density at radius 2 is 1.48 bits per heavy atom. The molecule has 2 amide bonds. The van der Waals surface area contributed by atoms with Gasteiger partial charge in [-0.3, -0.25) is 14.3 Å². The largest absolute Gasteiger partial charge is 0.354 e. The first kappa shape index (κ1) is 22.3. The molecule has 1 heterocycles. The van der Waals surface area contributed by atoms with Crippen LogP contribution in [0, 0.1) is 0 Å². The second kappa shape index (κ2) is 8.91. The topological polar surface area (TPSA) is 95.6 Å². The lowest BCUT2D eigenvalue weighted by Crippen LogP contribution is -2.31. The number of para-hydroxylation sites is 1. The molecule has 168 valence electrons. The molecular weight excluding hydrogens is 438 g/mol. The van der Waals surface area contributed by atoms with Gasteiger partial charge in [0, 0.05) is 23.9 Å². The smallest absolute Gasteiger partial charge is 0.267 e. The number of fused-ring (bicyclic) bond motifs is 1. The quantitative estimate of drug-likeness (QED) is 0.533. The third-order valence-corrected chi connectivity index (χ3v) is 6.57. The van der Waals surface area contributed by atoms with Gasteiger partial charge in [-0.1, -0.05) is 48.5 Å². The van der Waals surface area contributed by atoms with Gasteiger partial charge in [-0.2, -0.15) is 0 Å². The summed E-state index contributed by atoms with van der Waals surface area (Å²) in [6.07, 6.45) is 0. The minimum absolute atomic E-state index is 0.0224. The van der Waals surface area contributed by atoms with Crippen molar-refractivity contribution in [2.45, 2.75) is 13.8 Å². The summed E-state index contributed by atoms with van der Waals surface area (Å²) in [7, 11) is -3.38. The minimum Gasteiger partial charge on any atom is -0.354 e. The highest BCUT2D eigenvalue weighted by Crippen LogP contribution is 2.41. The summed E-state index contributed by atoms with van der Waals surface area (Å²) in [6.45, 7) is 2.93. The van der Waals surface area contributed by atoms with Gasteiger partial charge in [-0.05, 0) is 42.8 Å². The Morgan fingerprint density at radius 1 is 0.879 bits per heavy atom. The maximum Gasteiger partial charge on any atom is 0.267 e. The van der Waals surface area contributed by atoms with Crippen molar-refractivity contribution in [3.05, 3.63) is 90.0 Å². The zero-order valence-corrected chi connectivity index (χ0v) is 19.0. The predicted molar refractivity (Wildman–Crippen MR) is 131 cm³/mol. The van der Waals surface area contributed by atoms with Gasteiger partial charge in [-0.25, -0.2) is 13.3 Å². The number of hydrogen-bond acceptors (Lipinski definition) is 5. The lowest BCUT2D eigenvalue weighted by Gasteiger charge is -2.16. The molecule has 0 radical (unpaired) electrons. The summed E-state index contributed by atoms with van der Waals surface area (Å²) in [5.74, 6) is -0.782. The molecule has 1 aliphatic rings. The van der Waals surface area contributed by atoms with Crippen LogP contribution in [0.1, 0.15) is 25.0 Å². The van der Waals surface area contributed by atoms with Crippen molar-refractivity contribution in [1.82, 2.24) is 0 Å². The second-order valence-corrected chi connectivity index (χ2v) is 9.51. The summed E-state index contributed by atoms with van der Waals surface area (Å²) in [6, 6.07) is 23.3. The molecule has 3 aromatic carbocycles. The average Bonchev–Trinajstić information content (AvgIpc) is 3.11. The van der Waals surface area contributed by atoms with E-state index in [2.05, 4.69) is 10.0 Å². The molecule has 0 bridgehead atoms. The van der Waals surface area contributed by atoms with E-state index in [1.54, 1.807) is 43.3 Å². The van der Waals surface area contributed by atoms with Crippen molar-refractivity contribution in [1.29, 1.82) is 0 Å². The highest BCUT2D eigenvalue weighted by molar-refractivity contribution is 7.92. The van der Waals surface area contributed by atoms with Gasteiger partial charge in [-0.15, -0.1) is 0 Å². The van der Waals surface area contributed by atoms with Crippen LogP contribution < -0.4 is 14.9 Å². The molecule has 0 aliphatic carbocycles. The summed E-state index contributed by atoms with van der Waals surface area (Å²) < 4.78 is 26.2. The predicted octanol–water partition coefficient (Wildman–Crippen LogP) is 4.32. The fraction of sp³-hybridized carbons (Fsp3) is 0.120. The minimum atomic E-state index is -3.38. The summed E-state index contributed by atoms with van der Waals surface area (Å²) in [5.41, 5.74) is 4.04. The lowest BCUT2D eigenvalue weighted by molar-refractivity contribution is -0.122. The van der Waals surface area contributed by atoms with Crippen LogP contribution in [-0.2, 0) is 19.6 Å². The molecule has 7 nitrogen and oxygen atoms in total. The number of rotatable bonds is 6. The van der Waals surface area contributed by atoms with Crippen molar-refractivity contribution in [3.63, 3.8) is 0 Å². The molecule has 2 N–H and O–H groups in total. The highest BCUT2D eigenvalue weighted by Gasteiger charge is 2.37. The number of nitrogens with zero attached hydrogens (tertiary/aromatic N) is 1. The Labute approximate surface area is 192 Å². The van der Waals surface area contributed by atoms with Crippen molar-refractivity contribution in [3.8, 4) is 0 Å². The SMILES string of the molecule is CCS(=O)(=O)Nc1ccc(N/C(=C2\C(=O)N(C(C)=O)c3ccccc32)c2ccccc2)cc1. The molecule has 0 atom stereocenters. The third kappa shape index (κ3) is 4.51. The molecule has 0 fully saturated rings. The molecule has 0 unspecified atom stereocenters. The maximum absolute atomic E-state index is 13.4. The lowest BCUT2D eigenvalue weighted by atomic mass is 10.00. The van der Waals surface area contributed by atoms with E-state index in [1.165, 1.54) is 11.8 Å². The monoisotopic (exact) mass is 461 g/mol. The van der Waals surface area contributed by atoms with Gasteiger partial charge in [0.25, 0.3) is 5.91 Å². The van der Waals surface area contributed by atoms with Gasteiger partial charge in [0.1, 0.15) is 0 Å². The first-order valence-electron chi connectivity index (χ1n) is 10.4. The third-order valence-electron chi connectivity index (χ3n) is 5.27. The van der Waals surface area contributed by atoms with Crippen LogP contribution in [-0.4, -0.2) is 26.0 Å². The van der Waals surface area contributed by atoms with E-state index in [-0.39, 0.29) is 11.7 Å². The van der Waals surface area contributed by atoms with Crippen LogP contribution in [0.3, 0.4) is 0 Å². The number of benzene rings is 3. The fourth-order valence-corrected chi connectivity index (χ4v) is 4.31. The van der Waals surface area contributed by atoms with E-state index < -0.39 is 15.9 Å². The van der Waals surface area contributed by atoms with E-state index in [0.29, 0.717) is 33.9 Å². The Kier molecular flexibility index (Phi) is 6.02. The molecule has 1 aliphatic heterocycles. The first-order chi connectivity index (χ1) is 15.8. The Bertz CT molecular complexity index is 1350. The maximum atomic E-state index is 13.4. The van der Waals surface area contributed by atoms with Crippen molar-refractivity contribution >= 4 is 50.2 Å². The number of hydrogen-bond donors (Lipinski definition) is 2. The zero-order valence-electron chi connectivity index (χ0n) is 18.2. The number of carbonyl (C=O) groups excluding carboxylic acids is 2. The molecule has 8 heteroatoms. The van der Waals surface area contributed by atoms with Crippen LogP contribution in [0.4, 0.5) is 17.1 Å². The van der Waals surface area contributed by atoms with Gasteiger partial charge >= 0.3 is 0 Å². The van der Waals surface area contributed by atoms with Crippen molar-refractivity contribution in [2.24, 2.45) is 0 Å². The molecule has 33 heavy (non-hydrogen) atoms. The Balaban J connectivity index is 1.80. The number of nitrogens with one attached hydrogen (secondary N) is 2. The van der Waals surface area contributed by atoms with Crippen molar-refractivity contribution in [2.75, 3.05) is 20.7 Å². The molecule has 3 aromatic rings. The number of anilines is 3. The van der Waals surface area contributed by atoms with E-state index in [1.807, 2.05) is 42.5 Å². The molecular formula is C25H23N3O4S. The van der Waals surface area contributed by atoms with E-state index in [9.17, 15) is 18.0 Å². The fourth-order valence-electron chi connectivity index (χ4n) is 3.67. The first-order valence-corrected chi connectivity index (χ1v) is 12.1. The number of imide groups is 1. The normalized spacial score (nSPS) is 14.6. The van der Waals surface area contributed by atoms with Crippen LogP contribution in [0.25, 0.3) is 11.3 Å². The van der Waals surface area contributed by atoms with Crippen LogP contribution in [0.15, 0.2) is 78.9 Å².